The Balaban J connectivity index is 1.01. The molecule has 52 heavy (non-hydrogen) atoms. The Hall–Kier alpha value is -6.97. The topological polar surface area (TPSA) is 29.3 Å². The first-order chi connectivity index (χ1) is 25.7. The van der Waals surface area contributed by atoms with Crippen LogP contribution in [0.25, 0.3) is 77.1 Å². The molecular formula is C49H32N2O. The van der Waals surface area contributed by atoms with Crippen molar-refractivity contribution in [1.29, 1.82) is 0 Å². The van der Waals surface area contributed by atoms with Gasteiger partial charge in [0.05, 0.1) is 0 Å². The maximum absolute atomic E-state index is 6.14. The Bertz CT molecular complexity index is 2890. The van der Waals surface area contributed by atoms with Gasteiger partial charge in [0, 0.05) is 28.0 Å². The van der Waals surface area contributed by atoms with Crippen LogP contribution >= 0.6 is 0 Å². The Morgan fingerprint density at radius 3 is 1.67 bits per heavy atom. The fraction of sp³-hybridized carbons (Fsp3) is 0. The van der Waals surface area contributed by atoms with Gasteiger partial charge in [-0.1, -0.05) is 121 Å². The molecule has 0 saturated heterocycles. The molecule has 9 aromatic carbocycles. The second kappa shape index (κ2) is 12.4. The fourth-order valence-electron chi connectivity index (χ4n) is 7.35. The van der Waals surface area contributed by atoms with Gasteiger partial charge in [0.25, 0.3) is 0 Å². The van der Waals surface area contributed by atoms with Crippen molar-refractivity contribution in [3.63, 3.8) is 0 Å². The van der Waals surface area contributed by atoms with Crippen LogP contribution in [0.5, 0.6) is 0 Å². The van der Waals surface area contributed by atoms with E-state index in [2.05, 4.69) is 163 Å². The number of anilines is 3. The second-order valence-electron chi connectivity index (χ2n) is 13.3. The van der Waals surface area contributed by atoms with Crippen LogP contribution in [0, 0.1) is 0 Å². The Kier molecular flexibility index (Phi) is 7.14. The van der Waals surface area contributed by atoms with E-state index >= 15 is 0 Å². The molecule has 10 rings (SSSR count). The van der Waals surface area contributed by atoms with E-state index in [1.165, 1.54) is 38.2 Å². The van der Waals surface area contributed by atoms with Crippen molar-refractivity contribution in [3.8, 4) is 33.7 Å². The SMILES string of the molecule is c1ccc(-c2nc3c(ccc4cc(-c5ccc6ccc(N(c7ccccc7)c7ccc(-c8ccc9ccccc9c8)cc7)cc6c5)ccc43)o2)cc1. The van der Waals surface area contributed by atoms with Gasteiger partial charge in [-0.2, -0.15) is 0 Å². The molecule has 0 aliphatic rings. The van der Waals surface area contributed by atoms with E-state index in [1.54, 1.807) is 0 Å². The lowest BCUT2D eigenvalue weighted by molar-refractivity contribution is 0.620. The molecule has 3 heteroatoms. The van der Waals surface area contributed by atoms with E-state index in [-0.39, 0.29) is 0 Å². The summed E-state index contributed by atoms with van der Waals surface area (Å²) >= 11 is 0. The van der Waals surface area contributed by atoms with Crippen LogP contribution in [0.1, 0.15) is 0 Å². The summed E-state index contributed by atoms with van der Waals surface area (Å²) in [5.41, 5.74) is 10.7. The van der Waals surface area contributed by atoms with Crippen LogP contribution in [0.4, 0.5) is 17.1 Å². The van der Waals surface area contributed by atoms with E-state index in [9.17, 15) is 0 Å². The highest BCUT2D eigenvalue weighted by atomic mass is 16.3. The number of rotatable bonds is 6. The molecule has 0 amide bonds. The predicted molar refractivity (Wildman–Crippen MR) is 218 cm³/mol. The van der Waals surface area contributed by atoms with E-state index < -0.39 is 0 Å². The minimum absolute atomic E-state index is 0.642. The molecule has 0 aliphatic carbocycles. The zero-order valence-electron chi connectivity index (χ0n) is 28.3. The largest absolute Gasteiger partial charge is 0.436 e. The zero-order valence-corrected chi connectivity index (χ0v) is 28.3. The summed E-state index contributed by atoms with van der Waals surface area (Å²) in [5, 5.41) is 7.10. The van der Waals surface area contributed by atoms with Crippen LogP contribution in [0.3, 0.4) is 0 Å². The van der Waals surface area contributed by atoms with Crippen molar-refractivity contribution in [2.24, 2.45) is 0 Å². The molecule has 0 N–H and O–H groups in total. The highest BCUT2D eigenvalue weighted by molar-refractivity contribution is 6.05. The average Bonchev–Trinajstić information content (AvgIpc) is 3.67. The van der Waals surface area contributed by atoms with Crippen LogP contribution < -0.4 is 4.90 Å². The van der Waals surface area contributed by atoms with Gasteiger partial charge in [-0.15, -0.1) is 0 Å². The molecule has 0 aliphatic heterocycles. The maximum atomic E-state index is 6.14. The van der Waals surface area contributed by atoms with Gasteiger partial charge in [-0.3, -0.25) is 0 Å². The van der Waals surface area contributed by atoms with Gasteiger partial charge >= 0.3 is 0 Å². The summed E-state index contributed by atoms with van der Waals surface area (Å²) in [5.74, 6) is 0.642. The lowest BCUT2D eigenvalue weighted by Crippen LogP contribution is -2.09. The first-order valence-electron chi connectivity index (χ1n) is 17.6. The Morgan fingerprint density at radius 1 is 0.346 bits per heavy atom. The molecule has 0 fully saturated rings. The normalized spacial score (nSPS) is 11.5. The summed E-state index contributed by atoms with van der Waals surface area (Å²) in [6.45, 7) is 0. The van der Waals surface area contributed by atoms with Crippen LogP contribution in [0.15, 0.2) is 199 Å². The van der Waals surface area contributed by atoms with Crippen molar-refractivity contribution in [2.45, 2.75) is 0 Å². The van der Waals surface area contributed by atoms with Crippen LogP contribution in [0.2, 0.25) is 0 Å². The van der Waals surface area contributed by atoms with Crippen LogP contribution in [-0.4, -0.2) is 4.98 Å². The number of aromatic nitrogens is 1. The third kappa shape index (κ3) is 5.37. The quantitative estimate of drug-likeness (QED) is 0.177. The van der Waals surface area contributed by atoms with E-state index in [1.807, 2.05) is 36.4 Å². The molecule has 1 aromatic heterocycles. The summed E-state index contributed by atoms with van der Waals surface area (Å²) in [6, 6.07) is 69.0. The number of nitrogens with zero attached hydrogens (tertiary/aromatic N) is 2. The number of benzene rings is 9. The number of hydrogen-bond acceptors (Lipinski definition) is 3. The second-order valence-corrected chi connectivity index (χ2v) is 13.3. The van der Waals surface area contributed by atoms with Gasteiger partial charge in [-0.25, -0.2) is 4.98 Å². The molecule has 0 radical (unpaired) electrons. The summed E-state index contributed by atoms with van der Waals surface area (Å²) < 4.78 is 6.14. The van der Waals surface area contributed by atoms with Crippen molar-refractivity contribution in [2.75, 3.05) is 4.90 Å². The molecular weight excluding hydrogens is 633 g/mol. The standard InChI is InChI=1S/C49H32N2O/c1-3-10-36(11-4-1)49-50-48-46-27-22-40(30-41(46)23-28-47(48)52-49)39-18-16-35-21-26-45(32-42(35)31-39)51(43-13-5-2-6-14-43)44-24-19-34(20-25-44)38-17-15-33-9-7-8-12-37(33)29-38/h1-32H. The van der Waals surface area contributed by atoms with Gasteiger partial charge in [0.1, 0.15) is 5.52 Å². The molecule has 10 aromatic rings. The van der Waals surface area contributed by atoms with Gasteiger partial charge in [0.2, 0.25) is 5.89 Å². The third-order valence-corrected chi connectivity index (χ3v) is 10.0. The molecule has 0 saturated carbocycles. The summed E-state index contributed by atoms with van der Waals surface area (Å²) in [4.78, 5) is 7.22. The lowest BCUT2D eigenvalue weighted by Gasteiger charge is -2.26. The number of oxazole rings is 1. The Labute approximate surface area is 301 Å². The fourth-order valence-corrected chi connectivity index (χ4v) is 7.35. The highest BCUT2D eigenvalue weighted by Gasteiger charge is 2.15. The van der Waals surface area contributed by atoms with Gasteiger partial charge in [0.15, 0.2) is 5.58 Å². The van der Waals surface area contributed by atoms with E-state index in [4.69, 9.17) is 9.40 Å². The molecule has 0 spiro atoms. The molecule has 0 unspecified atom stereocenters. The number of para-hydroxylation sites is 1. The summed E-state index contributed by atoms with van der Waals surface area (Å²) in [7, 11) is 0. The maximum Gasteiger partial charge on any atom is 0.227 e. The number of hydrogen-bond donors (Lipinski definition) is 0. The van der Waals surface area contributed by atoms with Gasteiger partial charge in [-0.05, 0) is 122 Å². The monoisotopic (exact) mass is 664 g/mol. The zero-order chi connectivity index (χ0) is 34.4. The Morgan fingerprint density at radius 2 is 0.885 bits per heavy atom. The van der Waals surface area contributed by atoms with Crippen molar-refractivity contribution < 1.29 is 4.42 Å². The van der Waals surface area contributed by atoms with Crippen LogP contribution in [-0.2, 0) is 0 Å². The molecule has 3 nitrogen and oxygen atoms in total. The number of fused-ring (bicyclic) bond motifs is 5. The predicted octanol–water partition coefficient (Wildman–Crippen LogP) is 13.8. The molecule has 0 atom stereocenters. The van der Waals surface area contributed by atoms with E-state index in [0.717, 1.165) is 50.1 Å². The smallest absolute Gasteiger partial charge is 0.227 e. The van der Waals surface area contributed by atoms with Gasteiger partial charge < -0.3 is 9.32 Å². The highest BCUT2D eigenvalue weighted by Crippen LogP contribution is 2.39. The average molecular weight is 665 g/mol. The summed E-state index contributed by atoms with van der Waals surface area (Å²) in [6.07, 6.45) is 0. The van der Waals surface area contributed by atoms with Crippen molar-refractivity contribution in [1.82, 2.24) is 4.98 Å². The minimum atomic E-state index is 0.642. The first-order valence-corrected chi connectivity index (χ1v) is 17.6. The van der Waals surface area contributed by atoms with E-state index in [0.29, 0.717) is 5.89 Å². The minimum Gasteiger partial charge on any atom is -0.436 e. The first kappa shape index (κ1) is 29.9. The molecule has 0 bridgehead atoms. The molecule has 1 heterocycles. The van der Waals surface area contributed by atoms with Crippen molar-refractivity contribution >= 4 is 60.5 Å². The lowest BCUT2D eigenvalue weighted by atomic mass is 9.98. The molecule has 244 valence electrons. The van der Waals surface area contributed by atoms with Crippen molar-refractivity contribution in [3.05, 3.63) is 194 Å². The third-order valence-electron chi connectivity index (χ3n) is 10.0.